The van der Waals surface area contributed by atoms with Gasteiger partial charge in [-0.3, -0.25) is 0 Å². The lowest BCUT2D eigenvalue weighted by atomic mass is 10.2. The molecule has 2 N–H and O–H groups in total. The molecule has 2 aromatic carbocycles. The second kappa shape index (κ2) is 9.42. The standard InChI is InChI=1S/C23H24N2O6/c1-15(25-23(26)27)13-28-18-9-7-17(8-10-18)22-24-12-21(31-22)30-20-4-2-3-19(11-20)29-14-16-5-6-16/h2-4,7-12,15-16,25H,5-6,13-14H2,1H3,(H,26,27). The Balaban J connectivity index is 1.33. The summed E-state index contributed by atoms with van der Waals surface area (Å²) in [7, 11) is 0. The molecule has 1 amide bonds. The molecule has 4 rings (SSSR count). The minimum Gasteiger partial charge on any atom is -0.493 e. The minimum absolute atomic E-state index is 0.228. The number of amides is 1. The van der Waals surface area contributed by atoms with Crippen LogP contribution in [-0.4, -0.2) is 35.4 Å². The van der Waals surface area contributed by atoms with Crippen molar-refractivity contribution in [3.8, 4) is 34.6 Å². The van der Waals surface area contributed by atoms with Gasteiger partial charge in [-0.1, -0.05) is 6.07 Å². The smallest absolute Gasteiger partial charge is 0.404 e. The maximum atomic E-state index is 10.6. The molecule has 1 atom stereocenters. The van der Waals surface area contributed by atoms with E-state index in [0.29, 0.717) is 23.3 Å². The number of nitrogens with one attached hydrogen (secondary N) is 1. The molecular formula is C23H24N2O6. The number of hydrogen-bond acceptors (Lipinski definition) is 6. The van der Waals surface area contributed by atoms with Gasteiger partial charge in [-0.05, 0) is 62.1 Å². The fraction of sp³-hybridized carbons (Fsp3) is 0.304. The van der Waals surface area contributed by atoms with Gasteiger partial charge >= 0.3 is 12.0 Å². The molecule has 0 saturated heterocycles. The molecule has 1 unspecified atom stereocenters. The van der Waals surface area contributed by atoms with Crippen molar-refractivity contribution in [3.63, 3.8) is 0 Å². The molecule has 8 nitrogen and oxygen atoms in total. The van der Waals surface area contributed by atoms with Gasteiger partial charge in [0.2, 0.25) is 5.89 Å². The predicted molar refractivity (Wildman–Crippen MR) is 113 cm³/mol. The number of aromatic nitrogens is 1. The normalized spacial score (nSPS) is 14.0. The van der Waals surface area contributed by atoms with Gasteiger partial charge in [0, 0.05) is 11.6 Å². The molecule has 3 aromatic rings. The average molecular weight is 424 g/mol. The molecular weight excluding hydrogens is 400 g/mol. The summed E-state index contributed by atoms with van der Waals surface area (Å²) in [5, 5.41) is 11.0. The molecule has 1 fully saturated rings. The summed E-state index contributed by atoms with van der Waals surface area (Å²) in [5.41, 5.74) is 0.764. The van der Waals surface area contributed by atoms with Gasteiger partial charge in [0.15, 0.2) is 0 Å². The molecule has 0 spiro atoms. The van der Waals surface area contributed by atoms with E-state index in [0.717, 1.165) is 17.9 Å². The molecule has 0 bridgehead atoms. The SMILES string of the molecule is CC(COc1ccc(-c2ncc(Oc3cccc(OCC4CC4)c3)o2)cc1)NC(=O)O. The second-order valence-corrected chi connectivity index (χ2v) is 7.50. The zero-order valence-electron chi connectivity index (χ0n) is 17.1. The molecule has 162 valence electrons. The first kappa shape index (κ1) is 20.6. The van der Waals surface area contributed by atoms with Crippen molar-refractivity contribution in [1.82, 2.24) is 10.3 Å². The number of ether oxygens (including phenoxy) is 3. The largest absolute Gasteiger partial charge is 0.493 e. The van der Waals surface area contributed by atoms with Crippen LogP contribution in [0.2, 0.25) is 0 Å². The van der Waals surface area contributed by atoms with Crippen LogP contribution >= 0.6 is 0 Å². The van der Waals surface area contributed by atoms with E-state index in [9.17, 15) is 4.79 Å². The molecule has 1 aliphatic carbocycles. The van der Waals surface area contributed by atoms with Crippen LogP contribution in [0.15, 0.2) is 59.1 Å². The van der Waals surface area contributed by atoms with E-state index in [2.05, 4.69) is 10.3 Å². The molecule has 1 aliphatic rings. The number of oxazole rings is 1. The Morgan fingerprint density at radius 3 is 2.68 bits per heavy atom. The van der Waals surface area contributed by atoms with Crippen LogP contribution in [0.25, 0.3) is 11.5 Å². The predicted octanol–water partition coefficient (Wildman–Crippen LogP) is 4.96. The van der Waals surface area contributed by atoms with Gasteiger partial charge in [-0.15, -0.1) is 0 Å². The third-order valence-electron chi connectivity index (χ3n) is 4.66. The van der Waals surface area contributed by atoms with Crippen molar-refractivity contribution >= 4 is 6.09 Å². The van der Waals surface area contributed by atoms with Gasteiger partial charge in [-0.2, -0.15) is 0 Å². The van der Waals surface area contributed by atoms with Crippen molar-refractivity contribution in [3.05, 3.63) is 54.7 Å². The Kier molecular flexibility index (Phi) is 6.26. The first-order valence-electron chi connectivity index (χ1n) is 10.1. The molecule has 0 radical (unpaired) electrons. The lowest BCUT2D eigenvalue weighted by Gasteiger charge is -2.12. The Labute approximate surface area is 179 Å². The lowest BCUT2D eigenvalue weighted by Crippen LogP contribution is -2.35. The lowest BCUT2D eigenvalue weighted by molar-refractivity contribution is 0.183. The summed E-state index contributed by atoms with van der Waals surface area (Å²) < 4.78 is 22.8. The highest BCUT2D eigenvalue weighted by Gasteiger charge is 2.22. The van der Waals surface area contributed by atoms with E-state index in [-0.39, 0.29) is 18.6 Å². The van der Waals surface area contributed by atoms with Crippen LogP contribution in [0, 0.1) is 5.92 Å². The summed E-state index contributed by atoms with van der Waals surface area (Å²) >= 11 is 0. The number of carbonyl (C=O) groups is 1. The number of benzene rings is 2. The first-order valence-corrected chi connectivity index (χ1v) is 10.1. The Hall–Kier alpha value is -3.68. The van der Waals surface area contributed by atoms with E-state index in [1.54, 1.807) is 19.1 Å². The van der Waals surface area contributed by atoms with Crippen LogP contribution in [0.5, 0.6) is 23.2 Å². The molecule has 1 saturated carbocycles. The highest BCUT2D eigenvalue weighted by molar-refractivity contribution is 5.64. The molecule has 31 heavy (non-hydrogen) atoms. The van der Waals surface area contributed by atoms with E-state index in [1.165, 1.54) is 19.0 Å². The van der Waals surface area contributed by atoms with Crippen LogP contribution in [0.1, 0.15) is 19.8 Å². The summed E-state index contributed by atoms with van der Waals surface area (Å²) in [6, 6.07) is 14.3. The van der Waals surface area contributed by atoms with Crippen molar-refractivity contribution in [1.29, 1.82) is 0 Å². The third-order valence-corrected chi connectivity index (χ3v) is 4.66. The van der Waals surface area contributed by atoms with Gasteiger partial charge in [0.05, 0.1) is 12.6 Å². The average Bonchev–Trinajstić information content (AvgIpc) is 3.48. The topological polar surface area (TPSA) is 103 Å². The highest BCUT2D eigenvalue weighted by Crippen LogP contribution is 2.32. The van der Waals surface area contributed by atoms with Crippen LogP contribution in [0.3, 0.4) is 0 Å². The zero-order chi connectivity index (χ0) is 21.6. The molecule has 1 heterocycles. The van der Waals surface area contributed by atoms with Crippen LogP contribution < -0.4 is 19.5 Å². The summed E-state index contributed by atoms with van der Waals surface area (Å²) in [5.74, 6) is 3.39. The van der Waals surface area contributed by atoms with Gasteiger partial charge in [-0.25, -0.2) is 9.78 Å². The molecule has 1 aromatic heterocycles. The van der Waals surface area contributed by atoms with Crippen LogP contribution in [-0.2, 0) is 0 Å². The maximum absolute atomic E-state index is 10.6. The fourth-order valence-corrected chi connectivity index (χ4v) is 2.85. The summed E-state index contributed by atoms with van der Waals surface area (Å²) in [6.07, 6.45) is 2.93. The molecule has 0 aliphatic heterocycles. The monoisotopic (exact) mass is 424 g/mol. The highest BCUT2D eigenvalue weighted by atomic mass is 16.6. The third kappa shape index (κ3) is 6.15. The molecule has 8 heteroatoms. The second-order valence-electron chi connectivity index (χ2n) is 7.50. The van der Waals surface area contributed by atoms with E-state index >= 15 is 0 Å². The number of hydrogen-bond donors (Lipinski definition) is 2. The van der Waals surface area contributed by atoms with Crippen LogP contribution in [0.4, 0.5) is 4.79 Å². The fourth-order valence-electron chi connectivity index (χ4n) is 2.85. The summed E-state index contributed by atoms with van der Waals surface area (Å²) in [4.78, 5) is 14.9. The number of nitrogens with zero attached hydrogens (tertiary/aromatic N) is 1. The summed E-state index contributed by atoms with van der Waals surface area (Å²) in [6.45, 7) is 2.70. The Morgan fingerprint density at radius 2 is 1.94 bits per heavy atom. The van der Waals surface area contributed by atoms with E-state index < -0.39 is 6.09 Å². The zero-order valence-corrected chi connectivity index (χ0v) is 17.1. The minimum atomic E-state index is -1.08. The number of rotatable bonds is 10. The van der Waals surface area contributed by atoms with Crippen molar-refractivity contribution < 1.29 is 28.5 Å². The number of carboxylic acid groups (broad SMARTS) is 1. The Bertz CT molecular complexity index is 1010. The van der Waals surface area contributed by atoms with Gasteiger partial charge in [0.1, 0.15) is 30.1 Å². The van der Waals surface area contributed by atoms with Crippen molar-refractivity contribution in [2.45, 2.75) is 25.8 Å². The Morgan fingerprint density at radius 1 is 1.16 bits per heavy atom. The maximum Gasteiger partial charge on any atom is 0.404 e. The first-order chi connectivity index (χ1) is 15.0. The van der Waals surface area contributed by atoms with Crippen molar-refractivity contribution in [2.75, 3.05) is 13.2 Å². The van der Waals surface area contributed by atoms with Gasteiger partial charge in [0.25, 0.3) is 0 Å². The van der Waals surface area contributed by atoms with Crippen molar-refractivity contribution in [2.24, 2.45) is 5.92 Å². The van der Waals surface area contributed by atoms with Gasteiger partial charge < -0.3 is 29.1 Å². The van der Waals surface area contributed by atoms with E-state index in [4.69, 9.17) is 23.7 Å². The quantitative estimate of drug-likeness (QED) is 0.474. The van der Waals surface area contributed by atoms with E-state index in [1.807, 2.05) is 36.4 Å².